The number of piperazine rings is 1. The Bertz CT molecular complexity index is 425. The van der Waals surface area contributed by atoms with Gasteiger partial charge in [-0.2, -0.15) is 0 Å². The van der Waals surface area contributed by atoms with Gasteiger partial charge in [0.25, 0.3) is 0 Å². The van der Waals surface area contributed by atoms with E-state index in [0.29, 0.717) is 0 Å². The molecule has 0 spiro atoms. The summed E-state index contributed by atoms with van der Waals surface area (Å²) in [4.78, 5) is 5.04. The molecular weight excluding hydrogens is 260 g/mol. The Morgan fingerprint density at radius 2 is 1.67 bits per heavy atom. The molecule has 0 saturated carbocycles. The molecule has 0 radical (unpaired) electrons. The largest absolute Gasteiger partial charge is 0.388 e. The Hall–Kier alpha value is -0.900. The van der Waals surface area contributed by atoms with Crippen molar-refractivity contribution in [1.29, 1.82) is 0 Å². The molecule has 1 saturated heterocycles. The first-order valence-electron chi connectivity index (χ1n) is 8.24. The highest BCUT2D eigenvalue weighted by Crippen LogP contribution is 2.20. The third-order valence-electron chi connectivity index (χ3n) is 4.35. The lowest BCUT2D eigenvalue weighted by molar-refractivity contribution is 0.0969. The fourth-order valence-corrected chi connectivity index (χ4v) is 3.13. The highest BCUT2D eigenvalue weighted by Gasteiger charge is 2.18. The van der Waals surface area contributed by atoms with Crippen molar-refractivity contribution in [3.8, 4) is 0 Å². The molecule has 0 aromatic heterocycles. The maximum absolute atomic E-state index is 10.4. The minimum Gasteiger partial charge on any atom is -0.388 e. The van der Waals surface area contributed by atoms with Crippen LogP contribution in [-0.2, 0) is 0 Å². The first-order chi connectivity index (χ1) is 10.1. The molecular formula is C18H30N2O. The molecule has 1 N–H and O–H groups in total. The van der Waals surface area contributed by atoms with Gasteiger partial charge in [0.15, 0.2) is 0 Å². The molecule has 0 aliphatic carbocycles. The van der Waals surface area contributed by atoms with Crippen LogP contribution in [0.1, 0.15) is 37.5 Å². The molecule has 1 aromatic rings. The number of aliphatic hydroxyl groups excluding tert-OH is 1. The molecule has 1 unspecified atom stereocenters. The average molecular weight is 290 g/mol. The van der Waals surface area contributed by atoms with Gasteiger partial charge in [-0.25, -0.2) is 0 Å². The Balaban J connectivity index is 1.73. The Labute approximate surface area is 129 Å². The van der Waals surface area contributed by atoms with E-state index in [1.807, 2.05) is 18.2 Å². The summed E-state index contributed by atoms with van der Waals surface area (Å²) < 4.78 is 0. The first kappa shape index (κ1) is 16.5. The summed E-state index contributed by atoms with van der Waals surface area (Å²) in [7, 11) is 0. The van der Waals surface area contributed by atoms with Crippen LogP contribution in [0.5, 0.6) is 0 Å². The lowest BCUT2D eigenvalue weighted by Gasteiger charge is -2.35. The van der Waals surface area contributed by atoms with Gasteiger partial charge in [0.1, 0.15) is 0 Å². The maximum Gasteiger partial charge on any atom is 0.0804 e. The topological polar surface area (TPSA) is 26.7 Å². The van der Waals surface area contributed by atoms with Crippen molar-refractivity contribution in [2.75, 3.05) is 39.3 Å². The van der Waals surface area contributed by atoms with Crippen molar-refractivity contribution in [3.63, 3.8) is 0 Å². The minimum absolute atomic E-state index is 0.333. The quantitative estimate of drug-likeness (QED) is 0.872. The standard InChI is InChI=1S/C18H30N2O/c1-15(2)14-20-12-10-19(11-13-20)9-8-18(21)17-7-5-4-6-16(17)3/h4-7,15,18,21H,8-14H2,1-3H3. The summed E-state index contributed by atoms with van der Waals surface area (Å²) in [6, 6.07) is 8.15. The number of aryl methyl sites for hydroxylation is 1. The second kappa shape index (κ2) is 7.92. The van der Waals surface area contributed by atoms with Crippen molar-refractivity contribution in [3.05, 3.63) is 35.4 Å². The number of hydrogen-bond acceptors (Lipinski definition) is 3. The predicted molar refractivity (Wildman–Crippen MR) is 88.5 cm³/mol. The lowest BCUT2D eigenvalue weighted by atomic mass is 10.0. The zero-order valence-electron chi connectivity index (χ0n) is 13.8. The second-order valence-corrected chi connectivity index (χ2v) is 6.70. The van der Waals surface area contributed by atoms with Crippen LogP contribution >= 0.6 is 0 Å². The molecule has 1 fully saturated rings. The highest BCUT2D eigenvalue weighted by atomic mass is 16.3. The molecule has 3 heteroatoms. The molecule has 1 aromatic carbocycles. The lowest BCUT2D eigenvalue weighted by Crippen LogP contribution is -2.47. The molecule has 2 rings (SSSR count). The van der Waals surface area contributed by atoms with E-state index in [1.54, 1.807) is 0 Å². The summed E-state index contributed by atoms with van der Waals surface area (Å²) in [5.41, 5.74) is 2.27. The van der Waals surface area contributed by atoms with Crippen LogP contribution in [-0.4, -0.2) is 54.2 Å². The van der Waals surface area contributed by atoms with Gasteiger partial charge in [0.05, 0.1) is 6.10 Å². The molecule has 118 valence electrons. The Morgan fingerprint density at radius 3 is 2.29 bits per heavy atom. The fourth-order valence-electron chi connectivity index (χ4n) is 3.13. The molecule has 1 heterocycles. The van der Waals surface area contributed by atoms with Crippen molar-refractivity contribution in [1.82, 2.24) is 9.80 Å². The molecule has 0 amide bonds. The van der Waals surface area contributed by atoms with E-state index in [9.17, 15) is 5.11 Å². The van der Waals surface area contributed by atoms with E-state index in [-0.39, 0.29) is 6.10 Å². The van der Waals surface area contributed by atoms with E-state index in [1.165, 1.54) is 25.2 Å². The normalized spacial score (nSPS) is 19.1. The molecule has 1 atom stereocenters. The Morgan fingerprint density at radius 1 is 1.05 bits per heavy atom. The van der Waals surface area contributed by atoms with E-state index in [0.717, 1.165) is 37.5 Å². The maximum atomic E-state index is 10.4. The summed E-state index contributed by atoms with van der Waals surface area (Å²) in [5, 5.41) is 10.4. The van der Waals surface area contributed by atoms with Crippen LogP contribution in [0, 0.1) is 12.8 Å². The highest BCUT2D eigenvalue weighted by molar-refractivity contribution is 5.27. The van der Waals surface area contributed by atoms with E-state index < -0.39 is 0 Å². The van der Waals surface area contributed by atoms with Gasteiger partial charge in [-0.1, -0.05) is 38.1 Å². The van der Waals surface area contributed by atoms with Crippen molar-refractivity contribution in [2.24, 2.45) is 5.92 Å². The van der Waals surface area contributed by atoms with E-state index in [2.05, 4.69) is 36.6 Å². The van der Waals surface area contributed by atoms with Crippen molar-refractivity contribution >= 4 is 0 Å². The Kier molecular flexibility index (Phi) is 6.22. The van der Waals surface area contributed by atoms with Gasteiger partial charge in [-0.3, -0.25) is 0 Å². The van der Waals surface area contributed by atoms with Crippen LogP contribution < -0.4 is 0 Å². The molecule has 1 aliphatic heterocycles. The van der Waals surface area contributed by atoms with Gasteiger partial charge in [0.2, 0.25) is 0 Å². The zero-order chi connectivity index (χ0) is 15.2. The SMILES string of the molecule is Cc1ccccc1C(O)CCN1CCN(CC(C)C)CC1. The number of aliphatic hydroxyl groups is 1. The monoisotopic (exact) mass is 290 g/mol. The van der Waals surface area contributed by atoms with Gasteiger partial charge in [0, 0.05) is 39.3 Å². The number of benzene rings is 1. The van der Waals surface area contributed by atoms with Gasteiger partial charge in [-0.05, 0) is 30.4 Å². The number of rotatable bonds is 6. The molecule has 1 aliphatic rings. The van der Waals surface area contributed by atoms with Crippen LogP contribution in [0.2, 0.25) is 0 Å². The van der Waals surface area contributed by atoms with Crippen LogP contribution in [0.3, 0.4) is 0 Å². The van der Waals surface area contributed by atoms with E-state index >= 15 is 0 Å². The van der Waals surface area contributed by atoms with E-state index in [4.69, 9.17) is 0 Å². The molecule has 0 bridgehead atoms. The molecule has 3 nitrogen and oxygen atoms in total. The predicted octanol–water partition coefficient (Wildman–Crippen LogP) is 2.69. The zero-order valence-corrected chi connectivity index (χ0v) is 13.8. The van der Waals surface area contributed by atoms with Crippen molar-refractivity contribution in [2.45, 2.75) is 33.3 Å². The average Bonchev–Trinajstić information content (AvgIpc) is 2.46. The van der Waals surface area contributed by atoms with Crippen molar-refractivity contribution < 1.29 is 5.11 Å². The third kappa shape index (κ3) is 5.10. The fraction of sp³-hybridized carbons (Fsp3) is 0.667. The molecule has 21 heavy (non-hydrogen) atoms. The summed E-state index contributed by atoms with van der Waals surface area (Å²) in [6.07, 6.45) is 0.495. The minimum atomic E-state index is -0.333. The van der Waals surface area contributed by atoms with Crippen LogP contribution in [0.15, 0.2) is 24.3 Å². The van der Waals surface area contributed by atoms with Crippen LogP contribution in [0.4, 0.5) is 0 Å². The second-order valence-electron chi connectivity index (χ2n) is 6.70. The number of nitrogens with zero attached hydrogens (tertiary/aromatic N) is 2. The van der Waals surface area contributed by atoms with Gasteiger partial charge < -0.3 is 14.9 Å². The summed E-state index contributed by atoms with van der Waals surface area (Å²) in [5.74, 6) is 0.749. The van der Waals surface area contributed by atoms with Crippen LogP contribution in [0.25, 0.3) is 0 Å². The smallest absolute Gasteiger partial charge is 0.0804 e. The third-order valence-corrected chi connectivity index (χ3v) is 4.35. The van der Waals surface area contributed by atoms with Gasteiger partial charge in [-0.15, -0.1) is 0 Å². The summed E-state index contributed by atoms with van der Waals surface area (Å²) >= 11 is 0. The first-order valence-corrected chi connectivity index (χ1v) is 8.24. The number of hydrogen-bond donors (Lipinski definition) is 1. The summed E-state index contributed by atoms with van der Waals surface area (Å²) in [6.45, 7) is 13.4. The van der Waals surface area contributed by atoms with Gasteiger partial charge >= 0.3 is 0 Å².